The zero-order valence-electron chi connectivity index (χ0n) is 35.7. The average Bonchev–Trinajstić information content (AvgIpc) is 3.84. The van der Waals surface area contributed by atoms with Crippen molar-refractivity contribution in [2.45, 2.75) is 43.9 Å². The SMILES string of the molecule is CC1(C)c2ccccc2-c2ccc(N(c3ccccc3)c3ccc4c(c3)-c3c(cc5c(c3-c3ccccc3)-c3ccccc3C5(C)C)C4(c3ccccc3)c3ccccc3)cc21. The van der Waals surface area contributed by atoms with Gasteiger partial charge in [0.1, 0.15) is 0 Å². The van der Waals surface area contributed by atoms with Gasteiger partial charge in [-0.05, 0) is 125 Å². The minimum absolute atomic E-state index is 0.124. The molecule has 0 heterocycles. The van der Waals surface area contributed by atoms with Crippen molar-refractivity contribution in [2.24, 2.45) is 0 Å². The van der Waals surface area contributed by atoms with E-state index in [0.717, 1.165) is 17.1 Å². The van der Waals surface area contributed by atoms with Gasteiger partial charge in [-0.3, -0.25) is 0 Å². The van der Waals surface area contributed by atoms with Gasteiger partial charge >= 0.3 is 0 Å². The molecule has 1 nitrogen and oxygen atoms in total. The second-order valence-electron chi connectivity index (χ2n) is 18.4. The van der Waals surface area contributed by atoms with Crippen LogP contribution in [0.1, 0.15) is 72.2 Å². The Morgan fingerprint density at radius 2 is 0.774 bits per heavy atom. The van der Waals surface area contributed by atoms with E-state index < -0.39 is 5.41 Å². The highest BCUT2D eigenvalue weighted by molar-refractivity contribution is 6.06. The molecule has 1 heteroatoms. The summed E-state index contributed by atoms with van der Waals surface area (Å²) in [6, 6.07) is 79.7. The molecule has 3 aliphatic rings. The van der Waals surface area contributed by atoms with E-state index in [4.69, 9.17) is 0 Å². The molecular weight excluding hydrogens is 747 g/mol. The summed E-state index contributed by atoms with van der Waals surface area (Å²) in [6.45, 7) is 9.58. The molecule has 0 unspecified atom stereocenters. The molecule has 0 aromatic heterocycles. The van der Waals surface area contributed by atoms with Crippen molar-refractivity contribution in [3.63, 3.8) is 0 Å². The highest BCUT2D eigenvalue weighted by Crippen LogP contribution is 2.64. The Morgan fingerprint density at radius 1 is 0.290 bits per heavy atom. The lowest BCUT2D eigenvalue weighted by atomic mass is 9.66. The Hall–Kier alpha value is -7.22. The Labute approximate surface area is 365 Å². The third-order valence-electron chi connectivity index (χ3n) is 14.5. The predicted octanol–water partition coefficient (Wildman–Crippen LogP) is 15.8. The van der Waals surface area contributed by atoms with Crippen molar-refractivity contribution in [1.82, 2.24) is 0 Å². The van der Waals surface area contributed by atoms with E-state index in [0.29, 0.717) is 0 Å². The van der Waals surface area contributed by atoms with Crippen molar-refractivity contribution < 1.29 is 0 Å². The molecule has 0 radical (unpaired) electrons. The third kappa shape index (κ3) is 4.97. The molecule has 62 heavy (non-hydrogen) atoms. The molecule has 0 saturated carbocycles. The van der Waals surface area contributed by atoms with E-state index in [1.54, 1.807) is 0 Å². The molecule has 0 amide bonds. The molecular formula is C61H47N. The van der Waals surface area contributed by atoms with Crippen molar-refractivity contribution in [3.8, 4) is 44.5 Å². The summed E-state index contributed by atoms with van der Waals surface area (Å²) in [4.78, 5) is 2.47. The fourth-order valence-corrected chi connectivity index (χ4v) is 11.7. The first-order valence-corrected chi connectivity index (χ1v) is 22.0. The van der Waals surface area contributed by atoms with Crippen LogP contribution in [0.5, 0.6) is 0 Å². The zero-order chi connectivity index (χ0) is 41.8. The van der Waals surface area contributed by atoms with Gasteiger partial charge in [0.15, 0.2) is 0 Å². The van der Waals surface area contributed by atoms with Gasteiger partial charge in [-0.1, -0.05) is 204 Å². The molecule has 9 aromatic rings. The summed E-state index contributed by atoms with van der Waals surface area (Å²) in [5.41, 5.74) is 23.7. The van der Waals surface area contributed by atoms with Gasteiger partial charge < -0.3 is 4.90 Å². The second-order valence-corrected chi connectivity index (χ2v) is 18.4. The topological polar surface area (TPSA) is 3.24 Å². The van der Waals surface area contributed by atoms with Gasteiger partial charge in [-0.25, -0.2) is 0 Å². The summed E-state index contributed by atoms with van der Waals surface area (Å²) >= 11 is 0. The van der Waals surface area contributed by atoms with Gasteiger partial charge in [0.2, 0.25) is 0 Å². The van der Waals surface area contributed by atoms with E-state index in [-0.39, 0.29) is 10.8 Å². The van der Waals surface area contributed by atoms with Crippen LogP contribution in [0.25, 0.3) is 44.5 Å². The van der Waals surface area contributed by atoms with E-state index in [2.05, 4.69) is 245 Å². The van der Waals surface area contributed by atoms with Crippen molar-refractivity contribution in [2.75, 3.05) is 4.90 Å². The zero-order valence-corrected chi connectivity index (χ0v) is 35.7. The maximum atomic E-state index is 2.60. The van der Waals surface area contributed by atoms with Crippen molar-refractivity contribution >= 4 is 17.1 Å². The Balaban J connectivity index is 1.20. The van der Waals surface area contributed by atoms with Crippen LogP contribution in [0.3, 0.4) is 0 Å². The molecule has 0 fully saturated rings. The van der Waals surface area contributed by atoms with Crippen molar-refractivity contribution in [1.29, 1.82) is 0 Å². The highest BCUT2D eigenvalue weighted by Gasteiger charge is 2.50. The maximum Gasteiger partial charge on any atom is 0.0713 e. The molecule has 0 bridgehead atoms. The standard InChI is InChI=1S/C61H47N/c1-59(2)50-31-19-17-29-46(50)47-35-33-45(38-53(47)59)62(43-27-15-8-16-28-43)44-34-36-52-49(37-44)58-55(61(52,41-23-11-6-12-24-41)42-25-13-7-14-26-42)39-54-57(56(58)40-21-9-5-10-22-40)48-30-18-20-32-51(48)60(54,3)4/h5-39H,1-4H3. The first-order valence-electron chi connectivity index (χ1n) is 22.0. The molecule has 0 spiro atoms. The smallest absolute Gasteiger partial charge is 0.0713 e. The number of para-hydroxylation sites is 1. The van der Waals surface area contributed by atoms with Crippen LogP contribution in [0.2, 0.25) is 0 Å². The molecule has 12 rings (SSSR count). The largest absolute Gasteiger partial charge is 0.310 e. The van der Waals surface area contributed by atoms with Crippen LogP contribution >= 0.6 is 0 Å². The van der Waals surface area contributed by atoms with Crippen molar-refractivity contribution in [3.05, 3.63) is 257 Å². The molecule has 0 saturated heterocycles. The molecule has 9 aromatic carbocycles. The number of fused-ring (bicyclic) bond motifs is 9. The number of nitrogens with zero attached hydrogens (tertiary/aromatic N) is 1. The summed E-state index contributed by atoms with van der Waals surface area (Å²) in [6.07, 6.45) is 0. The maximum absolute atomic E-state index is 2.60. The minimum atomic E-state index is -0.573. The fraction of sp³-hybridized carbons (Fsp3) is 0.115. The van der Waals surface area contributed by atoms with Crippen LogP contribution in [0.15, 0.2) is 212 Å². The quantitative estimate of drug-likeness (QED) is 0.162. The number of benzene rings is 9. The van der Waals surface area contributed by atoms with E-state index in [1.165, 1.54) is 89.0 Å². The van der Waals surface area contributed by atoms with Crippen LogP contribution in [0, 0.1) is 0 Å². The minimum Gasteiger partial charge on any atom is -0.310 e. The summed E-state index contributed by atoms with van der Waals surface area (Å²) in [5.74, 6) is 0. The number of hydrogen-bond donors (Lipinski definition) is 0. The molecule has 0 atom stereocenters. The van der Waals surface area contributed by atoms with Crippen LogP contribution in [0.4, 0.5) is 17.1 Å². The first kappa shape index (κ1) is 36.6. The van der Waals surface area contributed by atoms with Gasteiger partial charge in [0, 0.05) is 27.9 Å². The summed E-state index contributed by atoms with van der Waals surface area (Å²) in [5, 5.41) is 0. The van der Waals surface area contributed by atoms with E-state index >= 15 is 0 Å². The lowest BCUT2D eigenvalue weighted by molar-refractivity contribution is 0.656. The first-order chi connectivity index (χ1) is 30.3. The predicted molar refractivity (Wildman–Crippen MR) is 259 cm³/mol. The monoisotopic (exact) mass is 793 g/mol. The van der Waals surface area contributed by atoms with Crippen LogP contribution in [-0.4, -0.2) is 0 Å². The molecule has 0 N–H and O–H groups in total. The average molecular weight is 794 g/mol. The fourth-order valence-electron chi connectivity index (χ4n) is 11.7. The Bertz CT molecular complexity index is 3170. The Morgan fingerprint density at radius 3 is 1.44 bits per heavy atom. The molecule has 3 aliphatic carbocycles. The Kier molecular flexibility index (Phi) is 7.91. The number of rotatable bonds is 6. The summed E-state index contributed by atoms with van der Waals surface area (Å²) < 4.78 is 0. The lowest BCUT2D eigenvalue weighted by Gasteiger charge is -2.35. The van der Waals surface area contributed by atoms with Gasteiger partial charge in [0.25, 0.3) is 0 Å². The highest BCUT2D eigenvalue weighted by atomic mass is 15.1. The van der Waals surface area contributed by atoms with Crippen LogP contribution in [-0.2, 0) is 16.2 Å². The van der Waals surface area contributed by atoms with Crippen LogP contribution < -0.4 is 4.90 Å². The lowest BCUT2D eigenvalue weighted by Crippen LogP contribution is -2.29. The van der Waals surface area contributed by atoms with E-state index in [9.17, 15) is 0 Å². The van der Waals surface area contributed by atoms with Gasteiger partial charge in [-0.15, -0.1) is 0 Å². The second kappa shape index (κ2) is 13.4. The molecule has 296 valence electrons. The normalized spacial score (nSPS) is 15.2. The number of hydrogen-bond acceptors (Lipinski definition) is 1. The van der Waals surface area contributed by atoms with Gasteiger partial charge in [0.05, 0.1) is 5.41 Å². The van der Waals surface area contributed by atoms with E-state index in [1.807, 2.05) is 0 Å². The third-order valence-corrected chi connectivity index (χ3v) is 14.5. The number of anilines is 3. The molecule has 0 aliphatic heterocycles. The van der Waals surface area contributed by atoms with Gasteiger partial charge in [-0.2, -0.15) is 0 Å². The summed E-state index contributed by atoms with van der Waals surface area (Å²) in [7, 11) is 0.